The van der Waals surface area contributed by atoms with Crippen molar-refractivity contribution in [3.63, 3.8) is 0 Å². The van der Waals surface area contributed by atoms with Crippen LogP contribution in [-0.4, -0.2) is 41.9 Å². The van der Waals surface area contributed by atoms with E-state index < -0.39 is 12.2 Å². The molecule has 1 aromatic heterocycles. The first-order valence-corrected chi connectivity index (χ1v) is 10.4. The summed E-state index contributed by atoms with van der Waals surface area (Å²) in [4.78, 5) is 5.38. The normalized spacial score (nSPS) is 13.6. The quantitative estimate of drug-likeness (QED) is 0.206. The number of benzene rings is 2. The largest absolute Gasteiger partial charge is 0.391 e. The second kappa shape index (κ2) is 12.1. The zero-order valence-corrected chi connectivity index (χ0v) is 19.6. The van der Waals surface area contributed by atoms with E-state index in [4.69, 9.17) is 0 Å². The highest BCUT2D eigenvalue weighted by atomic mass is 127. The highest BCUT2D eigenvalue weighted by Gasteiger charge is 2.12. The number of hydrogen-bond acceptors (Lipinski definition) is 4. The molecule has 0 aliphatic rings. The Labute approximate surface area is 192 Å². The fourth-order valence-corrected chi connectivity index (χ4v) is 4.00. The standard InChI is InChI=1S/C22H27N3O2S.HI/c1-2-23-22(24-14-18(26)12-16-8-4-3-5-9-16)25-15-19(27)21-13-17-10-6-7-11-20(17)28-21;/h3-11,13,18-19,26-27H,2,12,14-15H2,1H3,(H2,23,24,25);1H. The molecule has 0 saturated heterocycles. The summed E-state index contributed by atoms with van der Waals surface area (Å²) in [7, 11) is 0. The summed E-state index contributed by atoms with van der Waals surface area (Å²) in [5, 5.41) is 28.2. The van der Waals surface area contributed by atoms with Gasteiger partial charge in [0, 0.05) is 29.1 Å². The molecule has 2 atom stereocenters. The van der Waals surface area contributed by atoms with E-state index >= 15 is 0 Å². The highest BCUT2D eigenvalue weighted by Crippen LogP contribution is 2.29. The Bertz CT molecular complexity index is 868. The summed E-state index contributed by atoms with van der Waals surface area (Å²) in [6, 6.07) is 20.0. The summed E-state index contributed by atoms with van der Waals surface area (Å²) in [6.45, 7) is 3.34. The molecule has 0 spiro atoms. The molecule has 2 aromatic carbocycles. The summed E-state index contributed by atoms with van der Waals surface area (Å²) in [6.07, 6.45) is -0.602. The van der Waals surface area contributed by atoms with Gasteiger partial charge in [0.15, 0.2) is 5.96 Å². The first-order chi connectivity index (χ1) is 13.7. The lowest BCUT2D eigenvalue weighted by Crippen LogP contribution is -2.40. The smallest absolute Gasteiger partial charge is 0.191 e. The average molecular weight is 525 g/mol. The van der Waals surface area contributed by atoms with Crippen LogP contribution in [0.5, 0.6) is 0 Å². The number of halogens is 1. The van der Waals surface area contributed by atoms with Gasteiger partial charge in [0.2, 0.25) is 0 Å². The van der Waals surface area contributed by atoms with Crippen LogP contribution in [0.2, 0.25) is 0 Å². The van der Waals surface area contributed by atoms with Crippen molar-refractivity contribution in [2.45, 2.75) is 25.6 Å². The van der Waals surface area contributed by atoms with Crippen LogP contribution in [0.15, 0.2) is 65.7 Å². The lowest BCUT2D eigenvalue weighted by molar-refractivity contribution is 0.181. The van der Waals surface area contributed by atoms with Gasteiger partial charge >= 0.3 is 0 Å². The summed E-state index contributed by atoms with van der Waals surface area (Å²) in [5.74, 6) is 0.592. The molecular weight excluding hydrogens is 497 g/mol. The maximum atomic E-state index is 10.5. The molecule has 156 valence electrons. The third kappa shape index (κ3) is 7.26. The second-order valence-electron chi connectivity index (χ2n) is 6.65. The first kappa shape index (κ1) is 23.6. The Morgan fingerprint density at radius 2 is 1.76 bits per heavy atom. The number of fused-ring (bicyclic) bond motifs is 1. The van der Waals surface area contributed by atoms with Gasteiger partial charge in [0.1, 0.15) is 6.10 Å². The minimum absolute atomic E-state index is 0. The molecule has 4 N–H and O–H groups in total. The fraction of sp³-hybridized carbons (Fsp3) is 0.318. The Morgan fingerprint density at radius 1 is 1.03 bits per heavy atom. The van der Waals surface area contributed by atoms with E-state index in [1.165, 1.54) is 4.70 Å². The van der Waals surface area contributed by atoms with Crippen LogP contribution in [0, 0.1) is 0 Å². The number of nitrogens with zero attached hydrogens (tertiary/aromatic N) is 1. The van der Waals surface area contributed by atoms with E-state index in [9.17, 15) is 10.2 Å². The molecule has 0 saturated carbocycles. The van der Waals surface area contributed by atoms with Crippen LogP contribution in [0.1, 0.15) is 23.5 Å². The number of hydrogen-bond donors (Lipinski definition) is 4. The average Bonchev–Trinajstić information content (AvgIpc) is 3.15. The summed E-state index contributed by atoms with van der Waals surface area (Å²) in [5.41, 5.74) is 1.09. The van der Waals surface area contributed by atoms with Crippen LogP contribution in [0.4, 0.5) is 0 Å². The number of aliphatic imine (C=N–C) groups is 1. The van der Waals surface area contributed by atoms with E-state index in [0.29, 0.717) is 32.0 Å². The topological polar surface area (TPSA) is 76.9 Å². The van der Waals surface area contributed by atoms with Gasteiger partial charge in [0.25, 0.3) is 0 Å². The van der Waals surface area contributed by atoms with E-state index in [2.05, 4.69) is 27.8 Å². The monoisotopic (exact) mass is 525 g/mol. The minimum Gasteiger partial charge on any atom is -0.391 e. The third-order valence-electron chi connectivity index (χ3n) is 4.35. The minimum atomic E-state index is -0.615. The molecule has 2 unspecified atom stereocenters. The van der Waals surface area contributed by atoms with E-state index in [1.807, 2.05) is 55.5 Å². The molecule has 0 amide bonds. The zero-order valence-electron chi connectivity index (χ0n) is 16.4. The van der Waals surface area contributed by atoms with Gasteiger partial charge in [0.05, 0.1) is 12.6 Å². The van der Waals surface area contributed by atoms with Crippen molar-refractivity contribution in [1.82, 2.24) is 10.6 Å². The Hall–Kier alpha value is -1.68. The maximum Gasteiger partial charge on any atom is 0.191 e. The van der Waals surface area contributed by atoms with Gasteiger partial charge < -0.3 is 20.8 Å². The molecule has 0 radical (unpaired) electrons. The Morgan fingerprint density at radius 3 is 2.48 bits per heavy atom. The molecule has 1 heterocycles. The van der Waals surface area contributed by atoms with Gasteiger partial charge in [-0.25, -0.2) is 0 Å². The van der Waals surface area contributed by atoms with Crippen molar-refractivity contribution in [3.8, 4) is 0 Å². The van der Waals surface area contributed by atoms with Crippen molar-refractivity contribution >= 4 is 51.4 Å². The SMILES string of the molecule is CCNC(=NCC(O)Cc1ccccc1)NCC(O)c1cc2ccccc2s1.I. The number of rotatable bonds is 8. The Kier molecular flexibility index (Phi) is 9.86. The number of aliphatic hydroxyl groups is 2. The van der Waals surface area contributed by atoms with Crippen molar-refractivity contribution < 1.29 is 10.2 Å². The van der Waals surface area contributed by atoms with E-state index in [1.54, 1.807) is 11.3 Å². The maximum absolute atomic E-state index is 10.5. The molecule has 0 aliphatic carbocycles. The van der Waals surface area contributed by atoms with E-state index in [-0.39, 0.29) is 24.0 Å². The predicted molar refractivity (Wildman–Crippen MR) is 132 cm³/mol. The van der Waals surface area contributed by atoms with Gasteiger partial charge in [-0.05, 0) is 30.0 Å². The van der Waals surface area contributed by atoms with Crippen molar-refractivity contribution in [1.29, 1.82) is 0 Å². The van der Waals surface area contributed by atoms with Gasteiger partial charge in [-0.15, -0.1) is 35.3 Å². The first-order valence-electron chi connectivity index (χ1n) is 9.56. The molecule has 29 heavy (non-hydrogen) atoms. The molecule has 0 bridgehead atoms. The molecule has 5 nitrogen and oxygen atoms in total. The molecule has 3 rings (SSSR count). The van der Waals surface area contributed by atoms with Gasteiger partial charge in [-0.3, -0.25) is 4.99 Å². The van der Waals surface area contributed by atoms with E-state index in [0.717, 1.165) is 15.8 Å². The van der Waals surface area contributed by atoms with Crippen molar-refractivity contribution in [3.05, 3.63) is 71.1 Å². The third-order valence-corrected chi connectivity index (χ3v) is 5.57. The van der Waals surface area contributed by atoms with Crippen LogP contribution in [0.25, 0.3) is 10.1 Å². The molecule has 7 heteroatoms. The summed E-state index contributed by atoms with van der Waals surface area (Å²) < 4.78 is 1.17. The lowest BCUT2D eigenvalue weighted by Gasteiger charge is -2.15. The van der Waals surface area contributed by atoms with Crippen LogP contribution in [0.3, 0.4) is 0 Å². The lowest BCUT2D eigenvalue weighted by atomic mass is 10.1. The Balaban J connectivity index is 0.00000300. The van der Waals surface area contributed by atoms with Crippen LogP contribution < -0.4 is 10.6 Å². The van der Waals surface area contributed by atoms with Crippen LogP contribution >= 0.6 is 35.3 Å². The van der Waals surface area contributed by atoms with Crippen LogP contribution in [-0.2, 0) is 6.42 Å². The number of nitrogens with one attached hydrogen (secondary N) is 2. The number of thiophene rings is 1. The van der Waals surface area contributed by atoms with Crippen molar-refractivity contribution in [2.24, 2.45) is 4.99 Å². The second-order valence-corrected chi connectivity index (χ2v) is 7.76. The van der Waals surface area contributed by atoms with Gasteiger partial charge in [-0.1, -0.05) is 48.5 Å². The highest BCUT2D eigenvalue weighted by molar-refractivity contribution is 14.0. The molecular formula is C22H28IN3O2S. The molecule has 0 aliphatic heterocycles. The fourth-order valence-electron chi connectivity index (χ4n) is 2.95. The van der Waals surface area contributed by atoms with Gasteiger partial charge in [-0.2, -0.15) is 0 Å². The number of guanidine groups is 1. The predicted octanol–water partition coefficient (Wildman–Crippen LogP) is 3.71. The molecule has 3 aromatic rings. The molecule has 0 fully saturated rings. The summed E-state index contributed by atoms with van der Waals surface area (Å²) >= 11 is 1.60. The van der Waals surface area contributed by atoms with Crippen molar-refractivity contribution in [2.75, 3.05) is 19.6 Å². The number of aliphatic hydroxyl groups excluding tert-OH is 2. The zero-order chi connectivity index (χ0) is 19.8.